The molecule has 33 heavy (non-hydrogen) atoms. The van der Waals surface area contributed by atoms with E-state index >= 15 is 0 Å². The lowest BCUT2D eigenvalue weighted by molar-refractivity contribution is 0.0474. The van der Waals surface area contributed by atoms with Gasteiger partial charge in [-0.25, -0.2) is 13.2 Å². The van der Waals surface area contributed by atoms with E-state index < -0.39 is 16.0 Å². The lowest BCUT2D eigenvalue weighted by atomic mass is 9.94. The van der Waals surface area contributed by atoms with Crippen LogP contribution in [0.5, 0.6) is 0 Å². The lowest BCUT2D eigenvalue weighted by Crippen LogP contribution is -2.42. The first-order chi connectivity index (χ1) is 15.5. The molecule has 0 saturated carbocycles. The monoisotopic (exact) mass is 474 g/mol. The minimum absolute atomic E-state index is 0.153. The highest BCUT2D eigenvalue weighted by Crippen LogP contribution is 2.27. The van der Waals surface area contributed by atoms with Crippen molar-refractivity contribution in [3.8, 4) is 0 Å². The Morgan fingerprint density at radius 1 is 1.06 bits per heavy atom. The van der Waals surface area contributed by atoms with Gasteiger partial charge in [0.25, 0.3) is 0 Å². The van der Waals surface area contributed by atoms with Crippen LogP contribution in [0.1, 0.15) is 65.7 Å². The fraction of sp³-hybridized carbons (Fsp3) is 0.520. The van der Waals surface area contributed by atoms with Gasteiger partial charge in [-0.1, -0.05) is 20.8 Å². The summed E-state index contributed by atoms with van der Waals surface area (Å²) < 4.78 is 34.8. The number of aromatic nitrogens is 1. The van der Waals surface area contributed by atoms with E-state index in [2.05, 4.69) is 25.3 Å². The van der Waals surface area contributed by atoms with E-state index in [1.54, 1.807) is 0 Å². The minimum Gasteiger partial charge on any atom is -0.454 e. The van der Waals surface area contributed by atoms with Gasteiger partial charge in [0, 0.05) is 36.6 Å². The Morgan fingerprint density at radius 2 is 1.67 bits per heavy atom. The number of hydrogen-bond donors (Lipinski definition) is 0. The first kappa shape index (κ1) is 25.2. The number of aryl methyl sites for hydroxylation is 1. The Kier molecular flexibility index (Phi) is 7.80. The predicted molar refractivity (Wildman–Crippen MR) is 127 cm³/mol. The summed E-state index contributed by atoms with van der Waals surface area (Å²) in [6.07, 6.45) is 1.97. The number of rotatable bonds is 8. The number of piperidine rings is 1. The molecule has 0 spiro atoms. The zero-order chi connectivity index (χ0) is 24.3. The quantitative estimate of drug-likeness (QED) is 0.422. The summed E-state index contributed by atoms with van der Waals surface area (Å²) >= 11 is 0. The molecule has 8 heteroatoms. The van der Waals surface area contributed by atoms with Gasteiger partial charge in [0.1, 0.15) is 0 Å². The van der Waals surface area contributed by atoms with Crippen molar-refractivity contribution < 1.29 is 22.7 Å². The lowest BCUT2D eigenvalue weighted by Gasteiger charge is -2.34. The SMILES string of the molecule is CCCn1c(C)cc(C(=O)COC(=O)c2ccc(S(=O)(=O)N3C[C@H](C)C[C@@H](C)C3)cc2)c1C. The van der Waals surface area contributed by atoms with Crippen molar-refractivity contribution in [2.75, 3.05) is 19.7 Å². The second-order valence-corrected chi connectivity index (χ2v) is 11.2. The molecule has 1 saturated heterocycles. The summed E-state index contributed by atoms with van der Waals surface area (Å²) in [6, 6.07) is 7.54. The molecule has 3 rings (SSSR count). The van der Waals surface area contributed by atoms with Crippen LogP contribution in [0.15, 0.2) is 35.2 Å². The standard InChI is InChI=1S/C25H34N2O5S/c1-6-11-27-19(4)13-23(20(27)5)24(28)16-32-25(29)21-7-9-22(10-8-21)33(30,31)26-14-17(2)12-18(3)15-26/h7-10,13,17-18H,6,11-12,14-16H2,1-5H3/t17-,18-/m1/s1. The van der Waals surface area contributed by atoms with Gasteiger partial charge in [0.2, 0.25) is 15.8 Å². The van der Waals surface area contributed by atoms with Crippen LogP contribution in [-0.4, -0.2) is 48.7 Å². The fourth-order valence-corrected chi connectivity index (χ4v) is 6.34. The Morgan fingerprint density at radius 3 is 2.24 bits per heavy atom. The van der Waals surface area contributed by atoms with E-state index in [0.717, 1.165) is 30.8 Å². The summed E-state index contributed by atoms with van der Waals surface area (Å²) in [6.45, 7) is 11.5. The number of nitrogens with zero attached hydrogens (tertiary/aromatic N) is 2. The third kappa shape index (κ3) is 5.55. The highest BCUT2D eigenvalue weighted by Gasteiger charge is 2.31. The predicted octanol–water partition coefficient (Wildman–Crippen LogP) is 4.22. The molecule has 2 heterocycles. The Hall–Kier alpha value is -2.45. The Balaban J connectivity index is 1.65. The van der Waals surface area contributed by atoms with Gasteiger partial charge in [-0.05, 0) is 68.9 Å². The van der Waals surface area contributed by atoms with E-state index in [0.29, 0.717) is 30.5 Å². The Labute approximate surface area is 196 Å². The molecule has 0 bridgehead atoms. The van der Waals surface area contributed by atoms with Crippen LogP contribution in [0.2, 0.25) is 0 Å². The summed E-state index contributed by atoms with van der Waals surface area (Å²) in [5, 5.41) is 0. The largest absolute Gasteiger partial charge is 0.454 e. The number of ketones is 1. The number of esters is 1. The highest BCUT2D eigenvalue weighted by atomic mass is 32.2. The molecule has 0 amide bonds. The molecule has 0 unspecified atom stereocenters. The molecule has 180 valence electrons. The first-order valence-electron chi connectivity index (χ1n) is 11.5. The number of benzene rings is 1. The van der Waals surface area contributed by atoms with Gasteiger partial charge in [-0.2, -0.15) is 4.31 Å². The van der Waals surface area contributed by atoms with Crippen LogP contribution in [0.4, 0.5) is 0 Å². The molecule has 1 aromatic heterocycles. The summed E-state index contributed by atoms with van der Waals surface area (Å²) in [7, 11) is -3.62. The molecule has 0 N–H and O–H groups in total. The second-order valence-electron chi connectivity index (χ2n) is 9.23. The summed E-state index contributed by atoms with van der Waals surface area (Å²) in [5.74, 6) is -0.301. The van der Waals surface area contributed by atoms with Gasteiger partial charge >= 0.3 is 5.97 Å². The van der Waals surface area contributed by atoms with E-state index in [-0.39, 0.29) is 22.8 Å². The maximum Gasteiger partial charge on any atom is 0.338 e. The van der Waals surface area contributed by atoms with Crippen molar-refractivity contribution >= 4 is 21.8 Å². The van der Waals surface area contributed by atoms with Gasteiger partial charge < -0.3 is 9.30 Å². The molecule has 2 aromatic rings. The first-order valence-corrected chi connectivity index (χ1v) is 13.0. The zero-order valence-corrected chi connectivity index (χ0v) is 20.9. The maximum atomic E-state index is 13.0. The molecular formula is C25H34N2O5S. The molecule has 7 nitrogen and oxygen atoms in total. The number of carbonyl (C=O) groups is 2. The molecule has 1 aromatic carbocycles. The average molecular weight is 475 g/mol. The summed E-state index contributed by atoms with van der Waals surface area (Å²) in [5.41, 5.74) is 2.63. The molecule has 2 atom stereocenters. The number of ether oxygens (including phenoxy) is 1. The van der Waals surface area contributed by atoms with Crippen molar-refractivity contribution in [3.05, 3.63) is 52.8 Å². The fourth-order valence-electron chi connectivity index (χ4n) is 4.66. The molecule has 1 fully saturated rings. The highest BCUT2D eigenvalue weighted by molar-refractivity contribution is 7.89. The van der Waals surface area contributed by atoms with Crippen molar-refractivity contribution in [2.24, 2.45) is 11.8 Å². The van der Waals surface area contributed by atoms with Gasteiger partial charge in [0.15, 0.2) is 6.61 Å². The normalized spacial score (nSPS) is 19.4. The smallest absolute Gasteiger partial charge is 0.338 e. The number of sulfonamides is 1. The Bertz CT molecular complexity index is 1110. The second kappa shape index (κ2) is 10.2. The molecule has 1 aliphatic heterocycles. The topological polar surface area (TPSA) is 85.7 Å². The molecule has 0 radical (unpaired) electrons. The van der Waals surface area contributed by atoms with Crippen LogP contribution in [0.3, 0.4) is 0 Å². The van der Waals surface area contributed by atoms with Crippen molar-refractivity contribution in [2.45, 2.75) is 58.9 Å². The van der Waals surface area contributed by atoms with Crippen molar-refractivity contribution in [1.82, 2.24) is 8.87 Å². The van der Waals surface area contributed by atoms with Crippen LogP contribution in [-0.2, 0) is 21.3 Å². The zero-order valence-electron chi connectivity index (χ0n) is 20.1. The van der Waals surface area contributed by atoms with Gasteiger partial charge in [-0.15, -0.1) is 0 Å². The third-order valence-electron chi connectivity index (χ3n) is 6.22. The minimum atomic E-state index is -3.62. The van der Waals surface area contributed by atoms with Crippen molar-refractivity contribution in [1.29, 1.82) is 0 Å². The van der Waals surface area contributed by atoms with Gasteiger partial charge in [0.05, 0.1) is 10.5 Å². The molecule has 1 aliphatic rings. The van der Waals surface area contributed by atoms with E-state index in [4.69, 9.17) is 4.74 Å². The molecular weight excluding hydrogens is 440 g/mol. The van der Waals surface area contributed by atoms with E-state index in [9.17, 15) is 18.0 Å². The van der Waals surface area contributed by atoms with Crippen LogP contribution < -0.4 is 0 Å². The van der Waals surface area contributed by atoms with Crippen LogP contribution >= 0.6 is 0 Å². The van der Waals surface area contributed by atoms with Crippen LogP contribution in [0, 0.1) is 25.7 Å². The van der Waals surface area contributed by atoms with Gasteiger partial charge in [-0.3, -0.25) is 4.79 Å². The number of hydrogen-bond acceptors (Lipinski definition) is 5. The number of carbonyl (C=O) groups excluding carboxylic acids is 2. The van der Waals surface area contributed by atoms with E-state index in [1.807, 2.05) is 19.9 Å². The molecule has 0 aliphatic carbocycles. The maximum absolute atomic E-state index is 13.0. The van der Waals surface area contributed by atoms with Crippen LogP contribution in [0.25, 0.3) is 0 Å². The van der Waals surface area contributed by atoms with Crippen molar-refractivity contribution in [3.63, 3.8) is 0 Å². The third-order valence-corrected chi connectivity index (χ3v) is 8.06. The average Bonchev–Trinajstić information content (AvgIpc) is 3.05. The summed E-state index contributed by atoms with van der Waals surface area (Å²) in [4.78, 5) is 25.2. The van der Waals surface area contributed by atoms with E-state index in [1.165, 1.54) is 28.6 Å². The number of Topliss-reactive ketones (excluding diaryl/α,β-unsaturated/α-hetero) is 1.